The van der Waals surface area contributed by atoms with Crippen LogP contribution in [0.25, 0.3) is 0 Å². The Morgan fingerprint density at radius 3 is 2.79 bits per heavy atom. The highest BCUT2D eigenvalue weighted by molar-refractivity contribution is 9.10. The molecule has 0 unspecified atom stereocenters. The second-order valence-corrected chi connectivity index (χ2v) is 5.30. The highest BCUT2D eigenvalue weighted by Crippen LogP contribution is 2.21. The quantitative estimate of drug-likeness (QED) is 0.894. The minimum atomic E-state index is -0.319. The number of benzene rings is 2. The van der Waals surface area contributed by atoms with E-state index in [-0.39, 0.29) is 17.2 Å². The zero-order valence-electron chi connectivity index (χ0n) is 9.86. The highest BCUT2D eigenvalue weighted by atomic mass is 79.9. The summed E-state index contributed by atoms with van der Waals surface area (Å²) < 4.78 is 0.953. The number of amides is 1. The molecule has 0 aromatic heterocycles. The summed E-state index contributed by atoms with van der Waals surface area (Å²) in [5, 5.41) is 12.4. The Hall–Kier alpha value is -1.52. The summed E-state index contributed by atoms with van der Waals surface area (Å²) in [4.78, 5) is 12.0. The van der Waals surface area contributed by atoms with E-state index in [1.54, 1.807) is 0 Å². The number of hydrogen-bond acceptors (Lipinski definition) is 2. The van der Waals surface area contributed by atoms with E-state index >= 15 is 0 Å². The lowest BCUT2D eigenvalue weighted by molar-refractivity contribution is 0.0950. The third-order valence-electron chi connectivity index (χ3n) is 2.54. The molecule has 0 aliphatic rings. The average molecular weight is 341 g/mol. The minimum absolute atomic E-state index is 0.0111. The smallest absolute Gasteiger partial charge is 0.253 e. The Labute approximate surface area is 124 Å². The van der Waals surface area contributed by atoms with Gasteiger partial charge in [0.25, 0.3) is 5.91 Å². The van der Waals surface area contributed by atoms with Crippen LogP contribution < -0.4 is 5.32 Å². The van der Waals surface area contributed by atoms with E-state index in [1.165, 1.54) is 18.2 Å². The first kappa shape index (κ1) is 13.9. The van der Waals surface area contributed by atoms with E-state index in [9.17, 15) is 9.90 Å². The van der Waals surface area contributed by atoms with Crippen molar-refractivity contribution in [2.24, 2.45) is 0 Å². The monoisotopic (exact) mass is 339 g/mol. The van der Waals surface area contributed by atoms with Crippen molar-refractivity contribution in [2.75, 3.05) is 0 Å². The maximum absolute atomic E-state index is 12.0. The van der Waals surface area contributed by atoms with Crippen molar-refractivity contribution in [3.8, 4) is 5.75 Å². The van der Waals surface area contributed by atoms with Gasteiger partial charge in [0, 0.05) is 11.0 Å². The zero-order valence-corrected chi connectivity index (χ0v) is 12.2. The van der Waals surface area contributed by atoms with Crippen LogP contribution in [0.2, 0.25) is 5.02 Å². The van der Waals surface area contributed by atoms with Crippen LogP contribution in [-0.4, -0.2) is 11.0 Å². The fourth-order valence-electron chi connectivity index (χ4n) is 1.61. The molecule has 0 aliphatic carbocycles. The summed E-state index contributed by atoms with van der Waals surface area (Å²) >= 11 is 9.29. The molecule has 2 aromatic rings. The molecule has 2 rings (SSSR count). The van der Waals surface area contributed by atoms with Crippen molar-refractivity contribution in [1.82, 2.24) is 5.32 Å². The summed E-state index contributed by atoms with van der Waals surface area (Å²) in [5.41, 5.74) is 1.23. The number of phenols is 1. The number of halogens is 2. The lowest BCUT2D eigenvalue weighted by atomic mass is 10.2. The standard InChI is InChI=1S/C14H11BrClNO2/c15-10-3-1-2-9(6-10)8-17-14(19)12-7-11(18)4-5-13(12)16/h1-7,18H,8H2,(H,17,19). The van der Waals surface area contributed by atoms with Crippen LogP contribution >= 0.6 is 27.5 Å². The van der Waals surface area contributed by atoms with Crippen LogP contribution in [0.1, 0.15) is 15.9 Å². The molecule has 0 bridgehead atoms. The van der Waals surface area contributed by atoms with Gasteiger partial charge in [-0.25, -0.2) is 0 Å². The second kappa shape index (κ2) is 6.08. The lowest BCUT2D eigenvalue weighted by Gasteiger charge is -2.07. The number of nitrogens with one attached hydrogen (secondary N) is 1. The van der Waals surface area contributed by atoms with E-state index in [0.29, 0.717) is 11.6 Å². The Balaban J connectivity index is 2.07. The summed E-state index contributed by atoms with van der Waals surface area (Å²) in [6.07, 6.45) is 0. The third-order valence-corrected chi connectivity index (χ3v) is 3.36. The molecule has 0 spiro atoms. The Bertz CT molecular complexity index is 616. The minimum Gasteiger partial charge on any atom is -0.508 e. The molecule has 0 saturated heterocycles. The molecule has 0 fully saturated rings. The number of carbonyl (C=O) groups excluding carboxylic acids is 1. The molecule has 19 heavy (non-hydrogen) atoms. The Morgan fingerprint density at radius 2 is 2.05 bits per heavy atom. The van der Waals surface area contributed by atoms with Crippen molar-refractivity contribution in [2.45, 2.75) is 6.54 Å². The summed E-state index contributed by atoms with van der Waals surface area (Å²) in [7, 11) is 0. The molecule has 98 valence electrons. The molecule has 0 atom stereocenters. The number of aromatic hydroxyl groups is 1. The van der Waals surface area contributed by atoms with Gasteiger partial charge >= 0.3 is 0 Å². The van der Waals surface area contributed by atoms with Crippen LogP contribution in [-0.2, 0) is 6.54 Å². The molecular weight excluding hydrogens is 330 g/mol. The molecule has 5 heteroatoms. The number of rotatable bonds is 3. The zero-order chi connectivity index (χ0) is 13.8. The van der Waals surface area contributed by atoms with Gasteiger partial charge in [0.05, 0.1) is 10.6 Å². The number of carbonyl (C=O) groups is 1. The number of hydrogen-bond donors (Lipinski definition) is 2. The molecule has 3 nitrogen and oxygen atoms in total. The maximum atomic E-state index is 12.0. The Morgan fingerprint density at radius 1 is 1.26 bits per heavy atom. The van der Waals surface area contributed by atoms with Crippen LogP contribution in [0.4, 0.5) is 0 Å². The van der Waals surface area contributed by atoms with Gasteiger partial charge in [0.2, 0.25) is 0 Å². The van der Waals surface area contributed by atoms with Crippen LogP contribution in [0.3, 0.4) is 0 Å². The first-order valence-corrected chi connectivity index (χ1v) is 6.74. The first-order chi connectivity index (χ1) is 9.06. The SMILES string of the molecule is O=C(NCc1cccc(Br)c1)c1cc(O)ccc1Cl. The van der Waals surface area contributed by atoms with E-state index in [4.69, 9.17) is 11.6 Å². The third kappa shape index (κ3) is 3.72. The highest BCUT2D eigenvalue weighted by Gasteiger charge is 2.10. The fourth-order valence-corrected chi connectivity index (χ4v) is 2.26. The van der Waals surface area contributed by atoms with Crippen molar-refractivity contribution in [1.29, 1.82) is 0 Å². The molecule has 0 radical (unpaired) electrons. The predicted molar refractivity (Wildman–Crippen MR) is 78.4 cm³/mol. The molecular formula is C14H11BrClNO2. The van der Waals surface area contributed by atoms with Gasteiger partial charge in [-0.2, -0.15) is 0 Å². The molecule has 1 amide bonds. The van der Waals surface area contributed by atoms with Crippen LogP contribution in [0.5, 0.6) is 5.75 Å². The summed E-state index contributed by atoms with van der Waals surface area (Å²) in [5.74, 6) is -0.308. The first-order valence-electron chi connectivity index (χ1n) is 5.57. The summed E-state index contributed by atoms with van der Waals surface area (Å²) in [6.45, 7) is 0.393. The fraction of sp³-hybridized carbons (Fsp3) is 0.0714. The molecule has 0 aliphatic heterocycles. The van der Waals surface area contributed by atoms with Crippen molar-refractivity contribution < 1.29 is 9.90 Å². The van der Waals surface area contributed by atoms with Crippen LogP contribution in [0, 0.1) is 0 Å². The Kier molecular flexibility index (Phi) is 4.45. The van der Waals surface area contributed by atoms with E-state index in [1.807, 2.05) is 24.3 Å². The normalized spacial score (nSPS) is 10.2. The second-order valence-electron chi connectivity index (χ2n) is 3.98. The van der Waals surface area contributed by atoms with Gasteiger partial charge in [0.15, 0.2) is 0 Å². The lowest BCUT2D eigenvalue weighted by Crippen LogP contribution is -2.23. The molecule has 0 saturated carbocycles. The van der Waals surface area contributed by atoms with Gasteiger partial charge in [0.1, 0.15) is 5.75 Å². The largest absolute Gasteiger partial charge is 0.508 e. The molecule has 2 N–H and O–H groups in total. The van der Waals surface area contributed by atoms with Gasteiger partial charge in [-0.1, -0.05) is 39.7 Å². The topological polar surface area (TPSA) is 49.3 Å². The van der Waals surface area contributed by atoms with E-state index < -0.39 is 0 Å². The molecule has 2 aromatic carbocycles. The predicted octanol–water partition coefficient (Wildman–Crippen LogP) is 3.74. The van der Waals surface area contributed by atoms with Crippen molar-refractivity contribution >= 4 is 33.4 Å². The van der Waals surface area contributed by atoms with Crippen molar-refractivity contribution in [3.05, 3.63) is 63.1 Å². The van der Waals surface area contributed by atoms with Crippen LogP contribution in [0.15, 0.2) is 46.9 Å². The van der Waals surface area contributed by atoms with Gasteiger partial charge in [-0.15, -0.1) is 0 Å². The van der Waals surface area contributed by atoms with Gasteiger partial charge in [-0.05, 0) is 35.9 Å². The average Bonchev–Trinajstić information content (AvgIpc) is 2.39. The maximum Gasteiger partial charge on any atom is 0.253 e. The van der Waals surface area contributed by atoms with E-state index in [0.717, 1.165) is 10.0 Å². The van der Waals surface area contributed by atoms with Gasteiger partial charge < -0.3 is 10.4 Å². The molecule has 0 heterocycles. The number of phenolic OH excluding ortho intramolecular Hbond substituents is 1. The summed E-state index contributed by atoms with van der Waals surface area (Å²) in [6, 6.07) is 11.9. The van der Waals surface area contributed by atoms with E-state index in [2.05, 4.69) is 21.2 Å². The van der Waals surface area contributed by atoms with Crippen molar-refractivity contribution in [3.63, 3.8) is 0 Å². The van der Waals surface area contributed by atoms with Gasteiger partial charge in [-0.3, -0.25) is 4.79 Å².